The van der Waals surface area contributed by atoms with Crippen molar-refractivity contribution in [2.45, 2.75) is 0 Å². The van der Waals surface area contributed by atoms with Gasteiger partial charge in [-0.2, -0.15) is 0 Å². The van der Waals surface area contributed by atoms with Crippen LogP contribution in [0.5, 0.6) is 0 Å². The molecule has 0 aliphatic carbocycles. The Kier molecular flexibility index (Phi) is 9.03. The van der Waals surface area contributed by atoms with Crippen LogP contribution in [0.25, 0.3) is 0 Å². The molecule has 0 rings (SSSR count). The summed E-state index contributed by atoms with van der Waals surface area (Å²) >= 11 is 0. The van der Waals surface area contributed by atoms with Crippen LogP contribution in [0.15, 0.2) is 0 Å². The molecule has 0 aliphatic heterocycles. The minimum absolute atomic E-state index is 0. The van der Waals surface area contributed by atoms with Crippen molar-refractivity contribution >= 4 is 0 Å². The summed E-state index contributed by atoms with van der Waals surface area (Å²) in [6, 6.07) is 0. The Morgan fingerprint density at radius 2 is 0.714 bits per heavy atom. The lowest BCUT2D eigenvalue weighted by Crippen LogP contribution is -2.27. The molecule has 0 aromatic heterocycles. The Balaban J connectivity index is -0.0000000800. The molecule has 0 fully saturated rings. The zero-order chi connectivity index (χ0) is 4.50. The molecule has 0 saturated carbocycles. The summed E-state index contributed by atoms with van der Waals surface area (Å²) in [7, 11) is 8.50. The normalized spacial score (nSPS) is 8.57. The van der Waals surface area contributed by atoms with Gasteiger partial charge in [0.25, 0.3) is 0 Å². The second-order valence-corrected chi connectivity index (χ2v) is 2.68. The van der Waals surface area contributed by atoms with Crippen molar-refractivity contribution in [2.24, 2.45) is 0 Å². The predicted octanol–water partition coefficient (Wildman–Crippen LogP) is 0.627. The first-order chi connectivity index (χ1) is 2.00. The molecule has 1 nitrogen and oxygen atoms in total. The molecule has 0 spiro atoms. The van der Waals surface area contributed by atoms with Gasteiger partial charge in [-0.25, -0.2) is 0 Å². The Labute approximate surface area is 43.3 Å². The van der Waals surface area contributed by atoms with E-state index < -0.39 is 0 Å². The number of hydrogen-bond donors (Lipinski definition) is 0. The van der Waals surface area contributed by atoms with Gasteiger partial charge in [-0.3, -0.25) is 9.41 Å². The summed E-state index contributed by atoms with van der Waals surface area (Å²) < 4.78 is 1.00. The van der Waals surface area contributed by atoms with Crippen LogP contribution in [0.2, 0.25) is 0 Å². The van der Waals surface area contributed by atoms with Crippen LogP contribution in [0.1, 0.15) is 0 Å². The highest BCUT2D eigenvalue weighted by atomic mass is 19.0. The standard InChI is InChI=1S/C4H12N.2FH/c1-5(2,3)4;;/h1-4H3;2*1H/q+1;;. The van der Waals surface area contributed by atoms with Gasteiger partial charge in [-0.15, -0.1) is 0 Å². The third-order valence-electron chi connectivity index (χ3n) is 0. The fraction of sp³-hybridized carbons (Fsp3) is 1.00. The van der Waals surface area contributed by atoms with Crippen LogP contribution >= 0.6 is 0 Å². The Hall–Kier alpha value is -0.180. The molecule has 0 aromatic rings. The van der Waals surface area contributed by atoms with Crippen LogP contribution in [0, 0.1) is 0 Å². The minimum Gasteiger partial charge on any atom is -0.333 e. The van der Waals surface area contributed by atoms with Gasteiger partial charge in [0.05, 0.1) is 28.2 Å². The Bertz CT molecular complexity index is 25.2. The number of quaternary nitrogens is 1. The number of halogens is 2. The maximum atomic E-state index is 2.12. The topological polar surface area (TPSA) is 0 Å². The largest absolute Gasteiger partial charge is 0.333 e. The van der Waals surface area contributed by atoms with E-state index in [2.05, 4.69) is 28.2 Å². The van der Waals surface area contributed by atoms with Crippen LogP contribution in [-0.4, -0.2) is 32.7 Å². The summed E-state index contributed by atoms with van der Waals surface area (Å²) in [5.74, 6) is 0. The van der Waals surface area contributed by atoms with Crippen molar-refractivity contribution in [3.8, 4) is 0 Å². The fourth-order valence-electron chi connectivity index (χ4n) is 0. The van der Waals surface area contributed by atoms with Gasteiger partial charge < -0.3 is 4.48 Å². The van der Waals surface area contributed by atoms with Crippen LogP contribution < -0.4 is 0 Å². The smallest absolute Gasteiger partial charge is 0.0675 e. The fourth-order valence-corrected chi connectivity index (χ4v) is 0. The summed E-state index contributed by atoms with van der Waals surface area (Å²) in [6.07, 6.45) is 0. The van der Waals surface area contributed by atoms with Crippen LogP contribution in [0.3, 0.4) is 0 Å². The first kappa shape index (κ1) is 15.8. The highest BCUT2D eigenvalue weighted by Crippen LogP contribution is 1.73. The maximum Gasteiger partial charge on any atom is 0.0675 e. The summed E-state index contributed by atoms with van der Waals surface area (Å²) in [5, 5.41) is 0. The molecule has 0 N–H and O–H groups in total. The van der Waals surface area contributed by atoms with Crippen LogP contribution in [-0.2, 0) is 0 Å². The predicted molar refractivity (Wildman–Crippen MR) is 29.0 cm³/mol. The lowest BCUT2D eigenvalue weighted by atomic mass is 10.8. The first-order valence-corrected chi connectivity index (χ1v) is 1.79. The molecule has 0 heterocycles. The van der Waals surface area contributed by atoms with E-state index in [0.29, 0.717) is 0 Å². The molecular formula is C4H14F2N+. The Morgan fingerprint density at radius 3 is 0.714 bits per heavy atom. The number of nitrogens with zero attached hydrogens (tertiary/aromatic N) is 1. The lowest BCUT2D eigenvalue weighted by Gasteiger charge is -2.14. The third kappa shape index (κ3) is 2620. The van der Waals surface area contributed by atoms with Crippen molar-refractivity contribution in [1.29, 1.82) is 0 Å². The minimum atomic E-state index is 0. The van der Waals surface area contributed by atoms with E-state index >= 15 is 0 Å². The average molecular weight is 114 g/mol. The van der Waals surface area contributed by atoms with Crippen molar-refractivity contribution in [2.75, 3.05) is 28.2 Å². The highest BCUT2D eigenvalue weighted by molar-refractivity contribution is 3.87. The summed E-state index contributed by atoms with van der Waals surface area (Å²) in [6.45, 7) is 0. The van der Waals surface area contributed by atoms with E-state index in [1.165, 1.54) is 0 Å². The molecule has 3 heteroatoms. The number of hydrogen-bond acceptors (Lipinski definition) is 0. The molecule has 0 aromatic carbocycles. The molecule has 0 saturated heterocycles. The molecule has 7 heavy (non-hydrogen) atoms. The molecule has 0 bridgehead atoms. The molecule has 0 unspecified atom stereocenters. The van der Waals surface area contributed by atoms with Gasteiger partial charge in [0, 0.05) is 0 Å². The SMILES string of the molecule is C[N+](C)(C)C.F.F. The second kappa shape index (κ2) is 3.99. The van der Waals surface area contributed by atoms with Gasteiger partial charge >= 0.3 is 0 Å². The number of rotatable bonds is 0. The van der Waals surface area contributed by atoms with E-state index in [0.717, 1.165) is 4.48 Å². The summed E-state index contributed by atoms with van der Waals surface area (Å²) in [5.41, 5.74) is 0. The van der Waals surface area contributed by atoms with Gasteiger partial charge in [0.1, 0.15) is 0 Å². The average Bonchev–Trinajstić information content (AvgIpc) is 0.722. The third-order valence-corrected chi connectivity index (χ3v) is 0. The molecule has 0 atom stereocenters. The van der Waals surface area contributed by atoms with E-state index in [1.807, 2.05) is 0 Å². The first-order valence-electron chi connectivity index (χ1n) is 1.79. The van der Waals surface area contributed by atoms with E-state index in [1.54, 1.807) is 0 Å². The highest BCUT2D eigenvalue weighted by Gasteiger charge is 1.88. The van der Waals surface area contributed by atoms with Crippen LogP contribution in [0.4, 0.5) is 9.41 Å². The van der Waals surface area contributed by atoms with E-state index in [9.17, 15) is 0 Å². The van der Waals surface area contributed by atoms with Crippen molar-refractivity contribution < 1.29 is 13.9 Å². The molecule has 48 valence electrons. The maximum absolute atomic E-state index is 2.12. The van der Waals surface area contributed by atoms with Crippen molar-refractivity contribution in [1.82, 2.24) is 0 Å². The molecule has 0 aliphatic rings. The van der Waals surface area contributed by atoms with E-state index in [4.69, 9.17) is 0 Å². The van der Waals surface area contributed by atoms with Crippen molar-refractivity contribution in [3.63, 3.8) is 0 Å². The molecular weight excluding hydrogens is 100 g/mol. The zero-order valence-electron chi connectivity index (χ0n) is 5.26. The van der Waals surface area contributed by atoms with Gasteiger partial charge in [-0.1, -0.05) is 0 Å². The summed E-state index contributed by atoms with van der Waals surface area (Å²) in [4.78, 5) is 0. The molecule has 0 amide bonds. The molecule has 0 radical (unpaired) electrons. The van der Waals surface area contributed by atoms with Gasteiger partial charge in [-0.05, 0) is 0 Å². The van der Waals surface area contributed by atoms with Gasteiger partial charge in [0.2, 0.25) is 0 Å². The second-order valence-electron chi connectivity index (χ2n) is 2.68. The van der Waals surface area contributed by atoms with Gasteiger partial charge in [0.15, 0.2) is 0 Å². The lowest BCUT2D eigenvalue weighted by molar-refractivity contribution is -0.849. The van der Waals surface area contributed by atoms with E-state index in [-0.39, 0.29) is 9.41 Å². The zero-order valence-corrected chi connectivity index (χ0v) is 5.26. The monoisotopic (exact) mass is 114 g/mol. The quantitative estimate of drug-likeness (QED) is 0.405. The Morgan fingerprint density at radius 1 is 0.714 bits per heavy atom. The van der Waals surface area contributed by atoms with Crippen molar-refractivity contribution in [3.05, 3.63) is 0 Å².